The van der Waals surface area contributed by atoms with Crippen molar-refractivity contribution in [1.82, 2.24) is 4.57 Å². The van der Waals surface area contributed by atoms with Gasteiger partial charge < -0.3 is 0 Å². The standard InChI is InChI=1S/C44H87N2/c1-4-7-10-13-16-19-21-23-24-26-29-32-35-38-41-46-43-42-45(44(46)39-36-33-30-27-18-15-12-9-6-3)40-37-34-31-28-25-22-20-17-14-11-8-5-2/h42-43H,4-41H2,1-3H3/q+1. The van der Waals surface area contributed by atoms with E-state index in [4.69, 9.17) is 0 Å². The number of aromatic nitrogens is 2. The summed E-state index contributed by atoms with van der Waals surface area (Å²) in [6.07, 6.45) is 56.3. The van der Waals surface area contributed by atoms with Gasteiger partial charge in [0.1, 0.15) is 12.4 Å². The summed E-state index contributed by atoms with van der Waals surface area (Å²) in [5.41, 5.74) is 0. The third-order valence-electron chi connectivity index (χ3n) is 10.6. The van der Waals surface area contributed by atoms with E-state index in [1.165, 1.54) is 244 Å². The number of hydrogen-bond acceptors (Lipinski definition) is 0. The van der Waals surface area contributed by atoms with Gasteiger partial charge in [-0.3, -0.25) is 0 Å². The van der Waals surface area contributed by atoms with E-state index in [2.05, 4.69) is 42.3 Å². The lowest BCUT2D eigenvalue weighted by atomic mass is 10.0. The Bertz CT molecular complexity index is 707. The zero-order valence-electron chi connectivity index (χ0n) is 32.4. The number of hydrogen-bond donors (Lipinski definition) is 0. The monoisotopic (exact) mass is 644 g/mol. The summed E-state index contributed by atoms with van der Waals surface area (Å²) in [5.74, 6) is 1.63. The van der Waals surface area contributed by atoms with E-state index in [9.17, 15) is 0 Å². The largest absolute Gasteiger partial charge is 0.256 e. The van der Waals surface area contributed by atoms with E-state index in [-0.39, 0.29) is 0 Å². The molecule has 0 spiro atoms. The van der Waals surface area contributed by atoms with Gasteiger partial charge in [-0.15, -0.1) is 0 Å². The summed E-state index contributed by atoms with van der Waals surface area (Å²) in [4.78, 5) is 0. The highest BCUT2D eigenvalue weighted by Crippen LogP contribution is 2.16. The summed E-state index contributed by atoms with van der Waals surface area (Å²) < 4.78 is 5.29. The molecule has 0 aromatic carbocycles. The van der Waals surface area contributed by atoms with Gasteiger partial charge in [0.05, 0.1) is 13.1 Å². The molecule has 0 radical (unpaired) electrons. The Balaban J connectivity index is 2.26. The van der Waals surface area contributed by atoms with Crippen LogP contribution in [0.3, 0.4) is 0 Å². The minimum atomic E-state index is 1.23. The molecular weight excluding hydrogens is 556 g/mol. The number of rotatable bonds is 38. The van der Waals surface area contributed by atoms with Crippen LogP contribution in [0.5, 0.6) is 0 Å². The van der Waals surface area contributed by atoms with Crippen molar-refractivity contribution in [3.8, 4) is 0 Å². The van der Waals surface area contributed by atoms with Crippen LogP contribution in [0.1, 0.15) is 251 Å². The molecular formula is C44H87N2+. The summed E-state index contributed by atoms with van der Waals surface area (Å²) in [7, 11) is 0. The fourth-order valence-electron chi connectivity index (χ4n) is 7.39. The molecule has 0 unspecified atom stereocenters. The molecule has 0 aliphatic heterocycles. The van der Waals surface area contributed by atoms with Crippen LogP contribution in [0.2, 0.25) is 0 Å². The quantitative estimate of drug-likeness (QED) is 0.0501. The molecule has 0 aliphatic rings. The second kappa shape index (κ2) is 35.5. The van der Waals surface area contributed by atoms with Gasteiger partial charge in [-0.2, -0.15) is 0 Å². The molecule has 1 aromatic rings. The number of nitrogens with zero attached hydrogens (tertiary/aromatic N) is 2. The first-order valence-corrected chi connectivity index (χ1v) is 21.9. The third kappa shape index (κ3) is 27.2. The van der Waals surface area contributed by atoms with Crippen molar-refractivity contribution in [2.75, 3.05) is 0 Å². The molecule has 0 saturated heterocycles. The fourth-order valence-corrected chi connectivity index (χ4v) is 7.39. The maximum absolute atomic E-state index is 2.64. The van der Waals surface area contributed by atoms with E-state index in [1.54, 1.807) is 5.82 Å². The lowest BCUT2D eigenvalue weighted by Gasteiger charge is -2.07. The average molecular weight is 644 g/mol. The molecule has 0 amide bonds. The second-order valence-electron chi connectivity index (χ2n) is 15.2. The van der Waals surface area contributed by atoms with E-state index < -0.39 is 0 Å². The maximum atomic E-state index is 2.64. The molecule has 1 heterocycles. The molecule has 2 heteroatoms. The van der Waals surface area contributed by atoms with Crippen LogP contribution in [0.25, 0.3) is 0 Å². The van der Waals surface area contributed by atoms with E-state index in [1.807, 2.05) is 0 Å². The van der Waals surface area contributed by atoms with Crippen molar-refractivity contribution < 1.29 is 4.57 Å². The summed E-state index contributed by atoms with van der Waals surface area (Å²) in [6.45, 7) is 9.41. The molecule has 1 rings (SSSR count). The van der Waals surface area contributed by atoms with Gasteiger partial charge in [-0.05, 0) is 32.1 Å². The molecule has 2 nitrogen and oxygen atoms in total. The highest BCUT2D eigenvalue weighted by molar-refractivity contribution is 4.84. The van der Waals surface area contributed by atoms with Gasteiger partial charge in [0.25, 0.3) is 5.82 Å². The van der Waals surface area contributed by atoms with Crippen LogP contribution in [-0.2, 0) is 19.5 Å². The smallest absolute Gasteiger partial charge is 0.234 e. The van der Waals surface area contributed by atoms with Crippen molar-refractivity contribution in [3.63, 3.8) is 0 Å². The van der Waals surface area contributed by atoms with Crippen LogP contribution < -0.4 is 4.57 Å². The SMILES string of the molecule is CCCCCCCCCCCCCCCC[n+]1ccn(CCCCCCCCCCCCCC)c1CCCCCCCCCCC. The Morgan fingerprint density at radius 3 is 1.04 bits per heavy atom. The summed E-state index contributed by atoms with van der Waals surface area (Å²) in [5, 5.41) is 0. The molecule has 46 heavy (non-hydrogen) atoms. The Morgan fingerprint density at radius 2 is 0.674 bits per heavy atom. The normalized spacial score (nSPS) is 11.6. The molecule has 272 valence electrons. The van der Waals surface area contributed by atoms with Crippen LogP contribution >= 0.6 is 0 Å². The van der Waals surface area contributed by atoms with E-state index in [0.717, 1.165) is 0 Å². The van der Waals surface area contributed by atoms with Gasteiger partial charge in [0.2, 0.25) is 0 Å². The Kier molecular flexibility index (Phi) is 33.4. The first-order chi connectivity index (χ1) is 22.8. The van der Waals surface area contributed by atoms with Crippen molar-refractivity contribution in [3.05, 3.63) is 18.2 Å². The molecule has 0 saturated carbocycles. The van der Waals surface area contributed by atoms with Gasteiger partial charge >= 0.3 is 0 Å². The highest BCUT2D eigenvalue weighted by atomic mass is 15.1. The van der Waals surface area contributed by atoms with Crippen LogP contribution in [0.15, 0.2) is 12.4 Å². The van der Waals surface area contributed by atoms with Crippen molar-refractivity contribution >= 4 is 0 Å². The number of unbranched alkanes of at least 4 members (excludes halogenated alkanes) is 32. The molecule has 0 atom stereocenters. The Labute approximate surface area is 291 Å². The van der Waals surface area contributed by atoms with Crippen molar-refractivity contribution in [1.29, 1.82) is 0 Å². The molecule has 0 fully saturated rings. The Hall–Kier alpha value is -0.790. The van der Waals surface area contributed by atoms with Crippen LogP contribution in [-0.4, -0.2) is 4.57 Å². The van der Waals surface area contributed by atoms with Crippen LogP contribution in [0, 0.1) is 0 Å². The summed E-state index contributed by atoms with van der Waals surface area (Å²) in [6, 6.07) is 0. The van der Waals surface area contributed by atoms with Gasteiger partial charge in [0, 0.05) is 6.42 Å². The highest BCUT2D eigenvalue weighted by Gasteiger charge is 2.16. The molecule has 0 aliphatic carbocycles. The predicted octanol–water partition coefficient (Wildman–Crippen LogP) is 15.0. The van der Waals surface area contributed by atoms with Crippen LogP contribution in [0.4, 0.5) is 0 Å². The molecule has 0 N–H and O–H groups in total. The van der Waals surface area contributed by atoms with Crippen molar-refractivity contribution in [2.24, 2.45) is 0 Å². The zero-order chi connectivity index (χ0) is 33.0. The van der Waals surface area contributed by atoms with Gasteiger partial charge in [0.15, 0.2) is 0 Å². The van der Waals surface area contributed by atoms with E-state index in [0.29, 0.717) is 0 Å². The topological polar surface area (TPSA) is 8.81 Å². The van der Waals surface area contributed by atoms with E-state index >= 15 is 0 Å². The van der Waals surface area contributed by atoms with Gasteiger partial charge in [-0.1, -0.05) is 213 Å². The first kappa shape index (κ1) is 43.2. The second-order valence-corrected chi connectivity index (χ2v) is 15.2. The maximum Gasteiger partial charge on any atom is 0.256 e. The Morgan fingerprint density at radius 1 is 0.370 bits per heavy atom. The molecule has 1 aromatic heterocycles. The lowest BCUT2D eigenvalue weighted by molar-refractivity contribution is -0.704. The fraction of sp³-hybridized carbons (Fsp3) is 0.932. The first-order valence-electron chi connectivity index (χ1n) is 21.9. The van der Waals surface area contributed by atoms with Crippen molar-refractivity contribution in [2.45, 2.75) is 265 Å². The summed E-state index contributed by atoms with van der Waals surface area (Å²) >= 11 is 0. The minimum absolute atomic E-state index is 1.23. The van der Waals surface area contributed by atoms with Gasteiger partial charge in [-0.25, -0.2) is 9.13 Å². The lowest BCUT2D eigenvalue weighted by Crippen LogP contribution is -2.37. The third-order valence-corrected chi connectivity index (χ3v) is 10.6. The zero-order valence-corrected chi connectivity index (χ0v) is 32.4. The number of aryl methyl sites for hydroxylation is 2. The average Bonchev–Trinajstić information content (AvgIpc) is 3.45. The number of imidazole rings is 1. The predicted molar refractivity (Wildman–Crippen MR) is 207 cm³/mol. The minimum Gasteiger partial charge on any atom is -0.234 e. The molecule has 0 bridgehead atoms.